The molecule has 4 nitrogen and oxygen atoms in total. The molecule has 19 heavy (non-hydrogen) atoms. The van der Waals surface area contributed by atoms with Crippen molar-refractivity contribution in [3.05, 3.63) is 29.8 Å². The number of benzene rings is 1. The van der Waals surface area contributed by atoms with Crippen molar-refractivity contribution in [1.29, 1.82) is 0 Å². The summed E-state index contributed by atoms with van der Waals surface area (Å²) in [5, 5.41) is 3.36. The summed E-state index contributed by atoms with van der Waals surface area (Å²) in [4.78, 5) is 3.89. The van der Waals surface area contributed by atoms with Gasteiger partial charge in [-0.05, 0) is 23.6 Å². The Labute approximate surface area is 119 Å². The lowest BCUT2D eigenvalue weighted by Gasteiger charge is -2.39. The van der Waals surface area contributed by atoms with Crippen molar-refractivity contribution >= 4 is 11.9 Å². The Hall–Kier alpha value is -0.590. The molecule has 0 saturated carbocycles. The first-order chi connectivity index (χ1) is 9.43. The number of morpholine rings is 1. The fraction of sp³-hybridized carbons (Fsp3) is 0.571. The van der Waals surface area contributed by atoms with Crippen LogP contribution in [0.4, 0.5) is 0 Å². The molecular weight excluding hydrogens is 258 g/mol. The Morgan fingerprint density at radius 3 is 3.11 bits per heavy atom. The SMILES string of the molecule is C1CN2CCOCC2CN1.c1ccc2c(c1)CNS2. The van der Waals surface area contributed by atoms with Gasteiger partial charge in [-0.25, -0.2) is 0 Å². The lowest BCUT2D eigenvalue weighted by molar-refractivity contribution is -0.0168. The van der Waals surface area contributed by atoms with Crippen LogP contribution in [0.1, 0.15) is 5.56 Å². The number of hydrogen-bond donors (Lipinski definition) is 2. The fourth-order valence-electron chi connectivity index (χ4n) is 2.60. The average molecular weight is 279 g/mol. The van der Waals surface area contributed by atoms with Crippen LogP contribution < -0.4 is 10.0 Å². The minimum Gasteiger partial charge on any atom is -0.378 e. The largest absolute Gasteiger partial charge is 0.378 e. The highest BCUT2D eigenvalue weighted by Gasteiger charge is 2.24. The third-order valence-corrected chi connectivity index (χ3v) is 4.63. The molecule has 0 bridgehead atoms. The monoisotopic (exact) mass is 279 g/mol. The normalized spacial score (nSPS) is 26.0. The molecule has 2 N–H and O–H groups in total. The van der Waals surface area contributed by atoms with Crippen molar-refractivity contribution in [3.8, 4) is 0 Å². The Morgan fingerprint density at radius 2 is 2.21 bits per heavy atom. The van der Waals surface area contributed by atoms with E-state index in [1.165, 1.54) is 17.0 Å². The molecule has 4 rings (SSSR count). The van der Waals surface area contributed by atoms with Crippen LogP contribution in [0.15, 0.2) is 29.2 Å². The lowest BCUT2D eigenvalue weighted by atomic mass is 10.2. The van der Waals surface area contributed by atoms with Gasteiger partial charge in [0, 0.05) is 43.7 Å². The van der Waals surface area contributed by atoms with Crippen molar-refractivity contribution in [1.82, 2.24) is 14.9 Å². The van der Waals surface area contributed by atoms with Crippen molar-refractivity contribution in [2.24, 2.45) is 0 Å². The van der Waals surface area contributed by atoms with Gasteiger partial charge in [0.25, 0.3) is 0 Å². The molecule has 0 amide bonds. The number of rotatable bonds is 0. The smallest absolute Gasteiger partial charge is 0.0634 e. The van der Waals surface area contributed by atoms with Crippen LogP contribution in [0.3, 0.4) is 0 Å². The van der Waals surface area contributed by atoms with E-state index in [0.29, 0.717) is 6.04 Å². The van der Waals surface area contributed by atoms with Gasteiger partial charge in [-0.1, -0.05) is 18.2 Å². The Bertz CT molecular complexity index is 366. The van der Waals surface area contributed by atoms with Crippen LogP contribution in [0, 0.1) is 0 Å². The van der Waals surface area contributed by atoms with E-state index in [0.717, 1.165) is 39.4 Å². The van der Waals surface area contributed by atoms with Gasteiger partial charge in [0.1, 0.15) is 0 Å². The number of ether oxygens (including phenoxy) is 1. The number of hydrogen-bond acceptors (Lipinski definition) is 5. The summed E-state index contributed by atoms with van der Waals surface area (Å²) in [6.07, 6.45) is 0. The van der Waals surface area contributed by atoms with Gasteiger partial charge in [0.15, 0.2) is 0 Å². The van der Waals surface area contributed by atoms with Gasteiger partial charge in [-0.15, -0.1) is 0 Å². The predicted molar refractivity (Wildman–Crippen MR) is 78.2 cm³/mol. The van der Waals surface area contributed by atoms with E-state index in [1.807, 2.05) is 0 Å². The highest BCUT2D eigenvalue weighted by Crippen LogP contribution is 2.25. The minimum absolute atomic E-state index is 0.655. The van der Waals surface area contributed by atoms with E-state index in [-0.39, 0.29) is 0 Å². The Kier molecular flexibility index (Phi) is 4.74. The second kappa shape index (κ2) is 6.72. The van der Waals surface area contributed by atoms with Crippen LogP contribution >= 0.6 is 11.9 Å². The second-order valence-electron chi connectivity index (χ2n) is 5.00. The molecule has 2 fully saturated rings. The molecule has 0 aliphatic carbocycles. The zero-order valence-corrected chi connectivity index (χ0v) is 11.9. The summed E-state index contributed by atoms with van der Waals surface area (Å²) in [6.45, 7) is 7.46. The minimum atomic E-state index is 0.655. The molecule has 0 radical (unpaired) electrons. The van der Waals surface area contributed by atoms with Gasteiger partial charge < -0.3 is 10.1 Å². The van der Waals surface area contributed by atoms with Crippen molar-refractivity contribution in [2.75, 3.05) is 39.4 Å². The van der Waals surface area contributed by atoms with Crippen LogP contribution in [0.2, 0.25) is 0 Å². The summed E-state index contributed by atoms with van der Waals surface area (Å²) in [5.41, 5.74) is 1.42. The van der Waals surface area contributed by atoms with E-state index in [1.54, 1.807) is 11.9 Å². The maximum absolute atomic E-state index is 5.36. The first-order valence-corrected chi connectivity index (χ1v) is 7.75. The zero-order valence-electron chi connectivity index (χ0n) is 11.1. The molecule has 1 aromatic rings. The van der Waals surface area contributed by atoms with Gasteiger partial charge >= 0.3 is 0 Å². The average Bonchev–Trinajstić information content (AvgIpc) is 2.96. The maximum atomic E-state index is 5.36. The molecule has 1 unspecified atom stereocenters. The summed E-state index contributed by atoms with van der Waals surface area (Å²) in [6, 6.07) is 9.09. The van der Waals surface area contributed by atoms with Gasteiger partial charge in [0.2, 0.25) is 0 Å². The molecule has 1 aromatic carbocycles. The number of piperazine rings is 1. The first kappa shape index (κ1) is 13.4. The summed E-state index contributed by atoms with van der Waals surface area (Å²) < 4.78 is 8.56. The van der Waals surface area contributed by atoms with E-state index in [4.69, 9.17) is 4.74 Å². The maximum Gasteiger partial charge on any atom is 0.0634 e. The van der Waals surface area contributed by atoms with E-state index in [9.17, 15) is 0 Å². The lowest BCUT2D eigenvalue weighted by Crippen LogP contribution is -2.56. The first-order valence-electron chi connectivity index (χ1n) is 6.93. The molecule has 0 spiro atoms. The standard InChI is InChI=1S/C7H14N2O.C7H7NS/c1-2-9-3-4-10-6-7(9)5-8-1;1-2-4-7-6(3-1)5-8-9-7/h7-8H,1-6H2;1-4,8H,5H2. The fourth-order valence-corrected chi connectivity index (χ4v) is 3.41. The third kappa shape index (κ3) is 3.49. The molecule has 3 heterocycles. The molecule has 3 aliphatic heterocycles. The van der Waals surface area contributed by atoms with Crippen LogP contribution in [0.5, 0.6) is 0 Å². The van der Waals surface area contributed by atoms with Crippen molar-refractivity contribution in [2.45, 2.75) is 17.5 Å². The number of nitrogens with zero attached hydrogens (tertiary/aromatic N) is 1. The number of fused-ring (bicyclic) bond motifs is 2. The summed E-state index contributed by atoms with van der Waals surface area (Å²) in [7, 11) is 0. The number of nitrogens with one attached hydrogen (secondary N) is 2. The van der Waals surface area contributed by atoms with Crippen LogP contribution in [0.25, 0.3) is 0 Å². The predicted octanol–water partition coefficient (Wildman–Crippen LogP) is 1.09. The highest BCUT2D eigenvalue weighted by molar-refractivity contribution is 7.97. The van der Waals surface area contributed by atoms with E-state index >= 15 is 0 Å². The summed E-state index contributed by atoms with van der Waals surface area (Å²) >= 11 is 1.72. The molecule has 104 valence electrons. The second-order valence-corrected chi connectivity index (χ2v) is 5.93. The molecule has 3 aliphatic rings. The van der Waals surface area contributed by atoms with Crippen molar-refractivity contribution in [3.63, 3.8) is 0 Å². The van der Waals surface area contributed by atoms with E-state index < -0.39 is 0 Å². The van der Waals surface area contributed by atoms with Crippen molar-refractivity contribution < 1.29 is 4.74 Å². The molecule has 0 aromatic heterocycles. The topological polar surface area (TPSA) is 36.5 Å². The van der Waals surface area contributed by atoms with Crippen LogP contribution in [-0.4, -0.2) is 50.3 Å². The van der Waals surface area contributed by atoms with Gasteiger partial charge in [0.05, 0.1) is 13.2 Å². The molecule has 5 heteroatoms. The quantitative estimate of drug-likeness (QED) is 0.695. The molecule has 1 atom stereocenters. The Morgan fingerprint density at radius 1 is 1.26 bits per heavy atom. The molecular formula is C14H21N3OS. The van der Waals surface area contributed by atoms with Crippen LogP contribution in [-0.2, 0) is 11.3 Å². The highest BCUT2D eigenvalue weighted by atomic mass is 32.2. The summed E-state index contributed by atoms with van der Waals surface area (Å²) in [5.74, 6) is 0. The third-order valence-electron chi connectivity index (χ3n) is 3.72. The van der Waals surface area contributed by atoms with E-state index in [2.05, 4.69) is 39.2 Å². The van der Waals surface area contributed by atoms with Gasteiger partial charge in [-0.2, -0.15) is 0 Å². The Balaban J connectivity index is 0.000000117. The van der Waals surface area contributed by atoms with Gasteiger partial charge in [-0.3, -0.25) is 9.62 Å². The zero-order chi connectivity index (χ0) is 12.9. The molecule has 2 saturated heterocycles.